The molecule has 84 valence electrons. The van der Waals surface area contributed by atoms with Gasteiger partial charge in [0.05, 0.1) is 5.60 Å². The molecule has 0 unspecified atom stereocenters. The highest BCUT2D eigenvalue weighted by Crippen LogP contribution is 2.19. The van der Waals surface area contributed by atoms with E-state index in [0.717, 1.165) is 18.7 Å². The first-order valence-corrected chi connectivity index (χ1v) is 6.34. The van der Waals surface area contributed by atoms with Gasteiger partial charge in [-0.3, -0.25) is 0 Å². The molecule has 2 nitrogen and oxygen atoms in total. The fraction of sp³-hybridized carbons (Fsp3) is 0.500. The van der Waals surface area contributed by atoms with Gasteiger partial charge in [0.25, 0.3) is 0 Å². The zero-order valence-electron chi connectivity index (χ0n) is 9.58. The number of thioether (sulfide) groups is 1. The van der Waals surface area contributed by atoms with E-state index in [4.69, 9.17) is 0 Å². The lowest BCUT2D eigenvalue weighted by Gasteiger charge is -2.17. The third-order valence-corrected chi connectivity index (χ3v) is 2.86. The number of nitrogens with one attached hydrogen (secondary N) is 1. The molecular weight excluding hydrogens is 206 g/mol. The van der Waals surface area contributed by atoms with Gasteiger partial charge < -0.3 is 10.4 Å². The van der Waals surface area contributed by atoms with E-state index in [1.165, 1.54) is 4.90 Å². The van der Waals surface area contributed by atoms with E-state index < -0.39 is 5.60 Å². The predicted octanol–water partition coefficient (Wildman–Crippen LogP) is 2.98. The van der Waals surface area contributed by atoms with Crippen molar-refractivity contribution in [2.45, 2.75) is 30.8 Å². The van der Waals surface area contributed by atoms with Crippen molar-refractivity contribution in [3.63, 3.8) is 0 Å². The molecule has 1 aromatic rings. The van der Waals surface area contributed by atoms with Crippen molar-refractivity contribution in [1.82, 2.24) is 0 Å². The Morgan fingerprint density at radius 1 is 1.40 bits per heavy atom. The Bertz CT molecular complexity index is 307. The molecule has 0 spiro atoms. The molecule has 0 atom stereocenters. The topological polar surface area (TPSA) is 32.3 Å². The van der Waals surface area contributed by atoms with Crippen molar-refractivity contribution in [3.8, 4) is 0 Å². The van der Waals surface area contributed by atoms with Crippen molar-refractivity contribution < 1.29 is 5.11 Å². The predicted molar refractivity (Wildman–Crippen MR) is 67.6 cm³/mol. The monoisotopic (exact) mass is 225 g/mol. The van der Waals surface area contributed by atoms with E-state index in [1.54, 1.807) is 11.8 Å². The molecule has 15 heavy (non-hydrogen) atoms. The minimum absolute atomic E-state index is 0.593. The van der Waals surface area contributed by atoms with Gasteiger partial charge in [-0.1, -0.05) is 6.07 Å². The third-order valence-electron chi connectivity index (χ3n) is 2.14. The lowest BCUT2D eigenvalue weighted by Crippen LogP contribution is -2.22. The summed E-state index contributed by atoms with van der Waals surface area (Å²) in [5.74, 6) is 0. The molecule has 0 fully saturated rings. The molecule has 0 saturated carbocycles. The lowest BCUT2D eigenvalue weighted by molar-refractivity contribution is 0.0749. The van der Waals surface area contributed by atoms with Crippen molar-refractivity contribution in [1.29, 1.82) is 0 Å². The third kappa shape index (κ3) is 5.09. The van der Waals surface area contributed by atoms with Gasteiger partial charge in [0.15, 0.2) is 0 Å². The molecule has 1 rings (SSSR count). The average Bonchev–Trinajstić information content (AvgIpc) is 2.16. The Labute approximate surface area is 96.1 Å². The zero-order valence-corrected chi connectivity index (χ0v) is 10.4. The van der Waals surface area contributed by atoms with Gasteiger partial charge in [0.2, 0.25) is 0 Å². The highest BCUT2D eigenvalue weighted by molar-refractivity contribution is 7.98. The summed E-state index contributed by atoms with van der Waals surface area (Å²) in [5, 5.41) is 12.9. The quantitative estimate of drug-likeness (QED) is 0.756. The first-order valence-electron chi connectivity index (χ1n) is 5.11. The summed E-state index contributed by atoms with van der Waals surface area (Å²) < 4.78 is 0. The smallest absolute Gasteiger partial charge is 0.0608 e. The molecule has 1 aromatic carbocycles. The van der Waals surface area contributed by atoms with Crippen LogP contribution >= 0.6 is 11.8 Å². The Kier molecular flexibility index (Phi) is 4.48. The van der Waals surface area contributed by atoms with Gasteiger partial charge in [-0.25, -0.2) is 0 Å². The van der Waals surface area contributed by atoms with Crippen molar-refractivity contribution >= 4 is 17.4 Å². The Morgan fingerprint density at radius 3 is 2.73 bits per heavy atom. The van der Waals surface area contributed by atoms with Crippen LogP contribution in [0.1, 0.15) is 20.3 Å². The van der Waals surface area contributed by atoms with Gasteiger partial charge in [-0.05, 0) is 44.7 Å². The summed E-state index contributed by atoms with van der Waals surface area (Å²) >= 11 is 1.73. The fourth-order valence-corrected chi connectivity index (χ4v) is 1.71. The maximum Gasteiger partial charge on any atom is 0.0608 e. The Hall–Kier alpha value is -0.670. The van der Waals surface area contributed by atoms with E-state index in [1.807, 2.05) is 26.0 Å². The standard InChI is InChI=1S/C12H19NOS/c1-12(2,14)7-8-13-10-5-4-6-11(9-10)15-3/h4-6,9,13-14H,7-8H2,1-3H3. The summed E-state index contributed by atoms with van der Waals surface area (Å²) in [6.45, 7) is 4.45. The second-order valence-electron chi connectivity index (χ2n) is 4.22. The fourth-order valence-electron chi connectivity index (χ4n) is 1.25. The number of benzene rings is 1. The maximum absolute atomic E-state index is 9.55. The number of hydrogen-bond acceptors (Lipinski definition) is 3. The van der Waals surface area contributed by atoms with Crippen LogP contribution in [0.5, 0.6) is 0 Å². The highest BCUT2D eigenvalue weighted by Gasteiger charge is 2.10. The molecule has 0 aliphatic carbocycles. The molecule has 2 N–H and O–H groups in total. The minimum Gasteiger partial charge on any atom is -0.390 e. The lowest BCUT2D eigenvalue weighted by atomic mass is 10.1. The van der Waals surface area contributed by atoms with Crippen LogP contribution in [-0.4, -0.2) is 23.5 Å². The van der Waals surface area contributed by atoms with E-state index >= 15 is 0 Å². The molecule has 3 heteroatoms. The Balaban J connectivity index is 2.44. The molecule has 0 heterocycles. The molecule has 0 aromatic heterocycles. The number of rotatable bonds is 5. The van der Waals surface area contributed by atoms with E-state index in [-0.39, 0.29) is 0 Å². The van der Waals surface area contributed by atoms with Crippen molar-refractivity contribution in [2.75, 3.05) is 18.1 Å². The van der Waals surface area contributed by atoms with E-state index in [2.05, 4.69) is 23.7 Å². The second-order valence-corrected chi connectivity index (χ2v) is 5.10. The number of aliphatic hydroxyl groups is 1. The van der Waals surface area contributed by atoms with Crippen LogP contribution in [0, 0.1) is 0 Å². The van der Waals surface area contributed by atoms with Crippen LogP contribution in [-0.2, 0) is 0 Å². The van der Waals surface area contributed by atoms with Gasteiger partial charge in [0, 0.05) is 17.1 Å². The highest BCUT2D eigenvalue weighted by atomic mass is 32.2. The van der Waals surface area contributed by atoms with Crippen LogP contribution in [0.15, 0.2) is 29.2 Å². The molecule has 0 aliphatic rings. The molecule has 0 saturated heterocycles. The molecular formula is C12H19NOS. The summed E-state index contributed by atoms with van der Waals surface area (Å²) in [6, 6.07) is 8.29. The van der Waals surface area contributed by atoms with Crippen molar-refractivity contribution in [2.24, 2.45) is 0 Å². The summed E-state index contributed by atoms with van der Waals surface area (Å²) in [7, 11) is 0. The zero-order chi connectivity index (χ0) is 11.3. The van der Waals surface area contributed by atoms with E-state index in [9.17, 15) is 5.11 Å². The van der Waals surface area contributed by atoms with Crippen LogP contribution in [0.2, 0.25) is 0 Å². The summed E-state index contributed by atoms with van der Waals surface area (Å²) in [4.78, 5) is 1.25. The van der Waals surface area contributed by atoms with Gasteiger partial charge in [-0.15, -0.1) is 11.8 Å². The average molecular weight is 225 g/mol. The van der Waals surface area contributed by atoms with Crippen LogP contribution in [0.25, 0.3) is 0 Å². The van der Waals surface area contributed by atoms with Crippen molar-refractivity contribution in [3.05, 3.63) is 24.3 Å². The molecule has 0 bridgehead atoms. The Morgan fingerprint density at radius 2 is 2.13 bits per heavy atom. The minimum atomic E-state index is -0.593. The van der Waals surface area contributed by atoms with Gasteiger partial charge in [-0.2, -0.15) is 0 Å². The molecule has 0 amide bonds. The van der Waals surface area contributed by atoms with Gasteiger partial charge in [0.1, 0.15) is 0 Å². The first kappa shape index (κ1) is 12.4. The maximum atomic E-state index is 9.55. The van der Waals surface area contributed by atoms with Crippen LogP contribution in [0.3, 0.4) is 0 Å². The molecule has 0 radical (unpaired) electrons. The van der Waals surface area contributed by atoms with E-state index in [0.29, 0.717) is 0 Å². The van der Waals surface area contributed by atoms with Crippen LogP contribution < -0.4 is 5.32 Å². The van der Waals surface area contributed by atoms with Crippen LogP contribution in [0.4, 0.5) is 5.69 Å². The largest absolute Gasteiger partial charge is 0.390 e. The first-order chi connectivity index (χ1) is 7.01. The van der Waals surface area contributed by atoms with Gasteiger partial charge >= 0.3 is 0 Å². The number of hydrogen-bond donors (Lipinski definition) is 2. The summed E-state index contributed by atoms with van der Waals surface area (Å²) in [6.07, 6.45) is 2.81. The number of anilines is 1. The second kappa shape index (κ2) is 5.42. The molecule has 0 aliphatic heterocycles. The normalized spacial score (nSPS) is 11.5. The summed E-state index contributed by atoms with van der Waals surface area (Å²) in [5.41, 5.74) is 0.524. The SMILES string of the molecule is CSc1cccc(NCCC(C)(C)O)c1.